The summed E-state index contributed by atoms with van der Waals surface area (Å²) in [6.45, 7) is 14.2. The predicted molar refractivity (Wildman–Crippen MR) is 198 cm³/mol. The quantitative estimate of drug-likeness (QED) is 0.153. The highest BCUT2D eigenvalue weighted by atomic mass is 32.1. The van der Waals surface area contributed by atoms with Crippen molar-refractivity contribution in [3.8, 4) is 11.1 Å². The fourth-order valence-electron chi connectivity index (χ4n) is 7.59. The van der Waals surface area contributed by atoms with Crippen LogP contribution in [-0.4, -0.2) is 58.2 Å². The van der Waals surface area contributed by atoms with Gasteiger partial charge in [-0.05, 0) is 79.1 Å². The van der Waals surface area contributed by atoms with Crippen molar-refractivity contribution in [1.82, 2.24) is 24.3 Å². The van der Waals surface area contributed by atoms with Gasteiger partial charge in [0.25, 0.3) is 12.3 Å². The van der Waals surface area contributed by atoms with Crippen LogP contribution in [0.3, 0.4) is 0 Å². The summed E-state index contributed by atoms with van der Waals surface area (Å²) in [5.74, 6) is 0.0588. The predicted octanol–water partition coefficient (Wildman–Crippen LogP) is 8.31. The molecule has 7 rings (SSSR count). The molecule has 3 unspecified atom stereocenters. The number of hydrogen-bond donors (Lipinski definition) is 1. The molecule has 1 amide bonds. The number of aromatic nitrogens is 5. The fourth-order valence-corrected chi connectivity index (χ4v) is 9.01. The van der Waals surface area contributed by atoms with Crippen molar-refractivity contribution >= 4 is 48.0 Å². The number of hydrogen-bond acceptors (Lipinski definition) is 7. The van der Waals surface area contributed by atoms with Crippen LogP contribution >= 0.6 is 11.3 Å². The third-order valence-corrected chi connectivity index (χ3v) is 11.8. The van der Waals surface area contributed by atoms with E-state index >= 15 is 0 Å². The second-order valence-electron chi connectivity index (χ2n) is 15.0. The first-order valence-corrected chi connectivity index (χ1v) is 21.2. The van der Waals surface area contributed by atoms with Crippen LogP contribution in [-0.2, 0) is 22.2 Å². The third-order valence-electron chi connectivity index (χ3n) is 10.3. The third kappa shape index (κ3) is 6.97. The molecule has 1 N–H and O–H groups in total. The van der Waals surface area contributed by atoms with E-state index in [-0.39, 0.29) is 35.6 Å². The number of amides is 1. The zero-order chi connectivity index (χ0) is 36.2. The topological polar surface area (TPSA) is 90.1 Å². The number of halogens is 3. The second-order valence-corrected chi connectivity index (χ2v) is 18.3. The molecule has 3 aromatic heterocycles. The minimum absolute atomic E-state index is 0.000981. The Morgan fingerprint density at radius 1 is 1.16 bits per heavy atom. The van der Waals surface area contributed by atoms with E-state index < -0.39 is 33.6 Å². The maximum atomic E-state index is 14.8. The number of alkyl halides is 3. The molecule has 5 aromatic rings. The molecule has 2 aliphatic heterocycles. The van der Waals surface area contributed by atoms with Crippen molar-refractivity contribution in [1.29, 1.82) is 0 Å². The van der Waals surface area contributed by atoms with Gasteiger partial charge in [0, 0.05) is 53.1 Å². The molecule has 2 aliphatic rings. The maximum absolute atomic E-state index is 14.8. The number of nitrogens with one attached hydrogen (secondary N) is 1. The lowest BCUT2D eigenvalue weighted by atomic mass is 9.74. The maximum Gasteiger partial charge on any atom is 0.264 e. The van der Waals surface area contributed by atoms with Crippen molar-refractivity contribution in [3.05, 3.63) is 76.9 Å². The Kier molecular flexibility index (Phi) is 9.61. The SMILES string of the molecule is Cc1c(-c2ccc(N3CCC(C(C)(C)C)CC3O[SiH](C)C)cc2)cc(C(F)F)c2cn(C(C(=O)Nc3nccs3)c3ncn4c3C[C@@H](F)C4)nc12. The first kappa shape index (κ1) is 35.4. The number of rotatable bonds is 9. The van der Waals surface area contributed by atoms with Crippen LogP contribution in [0.25, 0.3) is 22.0 Å². The number of anilines is 2. The number of fused-ring (bicyclic) bond motifs is 2. The Hall–Kier alpha value is -4.01. The molecule has 14 heteroatoms. The highest BCUT2D eigenvalue weighted by Gasteiger charge is 2.37. The number of aryl methyl sites for hydroxylation is 1. The van der Waals surface area contributed by atoms with Gasteiger partial charge in [-0.1, -0.05) is 32.9 Å². The monoisotopic (exact) mass is 735 g/mol. The van der Waals surface area contributed by atoms with Gasteiger partial charge >= 0.3 is 0 Å². The Labute approximate surface area is 301 Å². The Balaban J connectivity index is 1.26. The van der Waals surface area contributed by atoms with Gasteiger partial charge in [-0.25, -0.2) is 23.1 Å². The largest absolute Gasteiger partial charge is 0.401 e. The number of nitrogens with zero attached hydrogens (tertiary/aromatic N) is 6. The second kappa shape index (κ2) is 13.8. The molecule has 4 atom stereocenters. The van der Waals surface area contributed by atoms with Gasteiger partial charge in [0.15, 0.2) is 20.2 Å². The lowest BCUT2D eigenvalue weighted by Gasteiger charge is -2.45. The molecular formula is C37H44F3N7O2SSi. The standard InChI is InChI=1S/C37H44F3N7O2SSi/c1-21-26(22-7-9-25(10-8-22)46-13-11-23(37(2,3)4)15-30(46)49-51(5)6)17-27(34(39)40)28-19-47(44-31(21)28)33(35(48)43-36-41-12-14-50-36)32-29-16-24(38)18-45(29)20-42-32/h7-10,12,14,17,19-20,23-24,30,33-34,51H,11,13,15-16,18H2,1-6H3,(H,41,43,48)/t23?,24-,30?,33?/m1/s1. The van der Waals surface area contributed by atoms with Crippen molar-refractivity contribution in [2.24, 2.45) is 11.3 Å². The molecule has 0 saturated carbocycles. The molecule has 0 bridgehead atoms. The minimum atomic E-state index is -2.79. The zero-order valence-electron chi connectivity index (χ0n) is 29.7. The highest BCUT2D eigenvalue weighted by molar-refractivity contribution is 7.13. The summed E-state index contributed by atoms with van der Waals surface area (Å²) < 4.78 is 53.7. The fraction of sp³-hybridized carbons (Fsp3) is 0.459. The minimum Gasteiger partial charge on any atom is -0.401 e. The number of carbonyl (C=O) groups is 1. The van der Waals surface area contributed by atoms with E-state index in [2.05, 4.69) is 54.0 Å². The number of benzene rings is 2. The van der Waals surface area contributed by atoms with E-state index in [4.69, 9.17) is 9.52 Å². The van der Waals surface area contributed by atoms with Crippen LogP contribution in [0.4, 0.5) is 24.0 Å². The van der Waals surface area contributed by atoms with Crippen LogP contribution in [0.2, 0.25) is 13.1 Å². The number of thiazole rings is 1. The lowest BCUT2D eigenvalue weighted by molar-refractivity contribution is -0.118. The summed E-state index contributed by atoms with van der Waals surface area (Å²) in [6, 6.07) is 8.43. The zero-order valence-corrected chi connectivity index (χ0v) is 31.7. The van der Waals surface area contributed by atoms with Crippen LogP contribution in [0.15, 0.2) is 54.4 Å². The molecule has 0 radical (unpaired) electrons. The number of carbonyl (C=O) groups excluding carboxylic acids is 1. The van der Waals surface area contributed by atoms with Gasteiger partial charge in [-0.2, -0.15) is 5.10 Å². The molecule has 51 heavy (non-hydrogen) atoms. The van der Waals surface area contributed by atoms with Crippen molar-refractivity contribution in [2.75, 3.05) is 16.8 Å². The molecule has 0 spiro atoms. The van der Waals surface area contributed by atoms with Crippen molar-refractivity contribution in [2.45, 2.75) is 91.5 Å². The van der Waals surface area contributed by atoms with E-state index in [0.29, 0.717) is 39.1 Å². The molecule has 1 saturated heterocycles. The lowest BCUT2D eigenvalue weighted by Crippen LogP contribution is -2.48. The molecule has 2 aromatic carbocycles. The average molecular weight is 736 g/mol. The van der Waals surface area contributed by atoms with E-state index in [9.17, 15) is 18.0 Å². The molecular weight excluding hydrogens is 692 g/mol. The highest BCUT2D eigenvalue weighted by Crippen LogP contribution is 2.41. The summed E-state index contributed by atoms with van der Waals surface area (Å²) in [6.07, 6.45) is 2.80. The summed E-state index contributed by atoms with van der Waals surface area (Å²) in [7, 11) is -1.31. The van der Waals surface area contributed by atoms with E-state index in [1.165, 1.54) is 34.6 Å². The molecule has 1 fully saturated rings. The van der Waals surface area contributed by atoms with E-state index in [1.54, 1.807) is 16.1 Å². The Bertz CT molecular complexity index is 2020. The smallest absolute Gasteiger partial charge is 0.264 e. The molecule has 5 heterocycles. The summed E-state index contributed by atoms with van der Waals surface area (Å²) >= 11 is 1.25. The van der Waals surface area contributed by atoms with E-state index in [0.717, 1.165) is 30.6 Å². The van der Waals surface area contributed by atoms with E-state index in [1.807, 2.05) is 31.2 Å². The Morgan fingerprint density at radius 3 is 2.59 bits per heavy atom. The van der Waals surface area contributed by atoms with Gasteiger partial charge in [0.05, 0.1) is 24.1 Å². The average Bonchev–Trinajstić information content (AvgIpc) is 3.88. The van der Waals surface area contributed by atoms with Crippen LogP contribution in [0.5, 0.6) is 0 Å². The summed E-state index contributed by atoms with van der Waals surface area (Å²) in [5.41, 5.74) is 4.46. The van der Waals surface area contributed by atoms with Gasteiger partial charge in [0.1, 0.15) is 12.4 Å². The van der Waals surface area contributed by atoms with Gasteiger partial charge in [-0.15, -0.1) is 11.3 Å². The first-order valence-electron chi connectivity index (χ1n) is 17.5. The van der Waals surface area contributed by atoms with Crippen molar-refractivity contribution < 1.29 is 22.4 Å². The van der Waals surface area contributed by atoms with Gasteiger partial charge in [-0.3, -0.25) is 14.8 Å². The summed E-state index contributed by atoms with van der Waals surface area (Å²) in [4.78, 5) is 24.9. The van der Waals surface area contributed by atoms with Crippen LogP contribution in [0.1, 0.15) is 68.6 Å². The van der Waals surface area contributed by atoms with Crippen LogP contribution in [0, 0.1) is 18.3 Å². The van der Waals surface area contributed by atoms with Gasteiger partial charge < -0.3 is 13.9 Å². The number of imidazole rings is 1. The van der Waals surface area contributed by atoms with Crippen molar-refractivity contribution in [3.63, 3.8) is 0 Å². The molecule has 270 valence electrons. The molecule has 9 nitrogen and oxygen atoms in total. The van der Waals surface area contributed by atoms with Gasteiger partial charge in [0.2, 0.25) is 0 Å². The normalized spacial score (nSPS) is 20.1. The molecule has 0 aliphatic carbocycles. The number of piperidine rings is 1. The first-order chi connectivity index (χ1) is 24.3. The van der Waals surface area contributed by atoms with Crippen LogP contribution < -0.4 is 10.2 Å². The summed E-state index contributed by atoms with van der Waals surface area (Å²) in [5, 5.41) is 9.94. The Morgan fingerprint density at radius 2 is 1.92 bits per heavy atom.